The Bertz CT molecular complexity index is 1350. The largest absolute Gasteiger partial charge is 0.427 e. The molecular formula is C26H23N3O5. The van der Waals surface area contributed by atoms with Crippen molar-refractivity contribution < 1.29 is 23.9 Å². The Labute approximate surface area is 196 Å². The number of carbonyl (C=O) groups is 4. The molecule has 1 aliphatic rings. The zero-order chi connectivity index (χ0) is 24.6. The van der Waals surface area contributed by atoms with E-state index in [4.69, 9.17) is 4.74 Å². The molecule has 172 valence electrons. The SMILES string of the molecule is CC(=O)Oc1ccc(-n2c(C)cc(C=C3C(=O)NC(=O)N(c4ccc(C)cc4)C3=O)c2C)cc1. The van der Waals surface area contributed by atoms with Crippen LogP contribution < -0.4 is 15.0 Å². The van der Waals surface area contributed by atoms with Crippen LogP contribution in [-0.2, 0) is 14.4 Å². The minimum absolute atomic E-state index is 0.134. The van der Waals surface area contributed by atoms with Crippen molar-refractivity contribution in [3.05, 3.63) is 82.7 Å². The van der Waals surface area contributed by atoms with E-state index in [1.807, 2.05) is 43.5 Å². The lowest BCUT2D eigenvalue weighted by molar-refractivity contribution is -0.132. The Morgan fingerprint density at radius 3 is 2.15 bits per heavy atom. The topological polar surface area (TPSA) is 97.7 Å². The number of ether oxygens (including phenoxy) is 1. The number of hydrogen-bond acceptors (Lipinski definition) is 5. The summed E-state index contributed by atoms with van der Waals surface area (Å²) in [6.45, 7) is 7.01. The molecule has 4 amide bonds. The van der Waals surface area contributed by atoms with Crippen molar-refractivity contribution >= 4 is 35.6 Å². The Morgan fingerprint density at radius 2 is 1.53 bits per heavy atom. The maximum Gasteiger partial charge on any atom is 0.335 e. The number of esters is 1. The van der Waals surface area contributed by atoms with Crippen molar-refractivity contribution in [3.8, 4) is 11.4 Å². The summed E-state index contributed by atoms with van der Waals surface area (Å²) in [5, 5.41) is 2.25. The first-order valence-corrected chi connectivity index (χ1v) is 10.6. The van der Waals surface area contributed by atoms with Gasteiger partial charge in [-0.3, -0.25) is 19.7 Å². The van der Waals surface area contributed by atoms with Crippen LogP contribution in [0.4, 0.5) is 10.5 Å². The maximum atomic E-state index is 13.2. The highest BCUT2D eigenvalue weighted by atomic mass is 16.5. The molecular weight excluding hydrogens is 434 g/mol. The zero-order valence-corrected chi connectivity index (χ0v) is 19.2. The van der Waals surface area contributed by atoms with E-state index >= 15 is 0 Å². The molecule has 1 fully saturated rings. The third-order valence-electron chi connectivity index (χ3n) is 5.52. The van der Waals surface area contributed by atoms with Gasteiger partial charge >= 0.3 is 12.0 Å². The second-order valence-electron chi connectivity index (χ2n) is 8.04. The molecule has 1 aliphatic heterocycles. The molecule has 0 aliphatic carbocycles. The monoisotopic (exact) mass is 457 g/mol. The van der Waals surface area contributed by atoms with E-state index < -0.39 is 23.8 Å². The smallest absolute Gasteiger partial charge is 0.335 e. The Kier molecular flexibility index (Phi) is 5.89. The van der Waals surface area contributed by atoms with Gasteiger partial charge in [-0.05, 0) is 74.9 Å². The highest BCUT2D eigenvalue weighted by Crippen LogP contribution is 2.27. The summed E-state index contributed by atoms with van der Waals surface area (Å²) in [5.41, 5.74) is 4.39. The van der Waals surface area contributed by atoms with E-state index in [9.17, 15) is 19.2 Å². The van der Waals surface area contributed by atoms with E-state index in [1.165, 1.54) is 13.0 Å². The van der Waals surface area contributed by atoms with Gasteiger partial charge in [-0.25, -0.2) is 9.69 Å². The number of barbiturate groups is 1. The van der Waals surface area contributed by atoms with Gasteiger partial charge in [-0.1, -0.05) is 17.7 Å². The number of amides is 4. The molecule has 0 unspecified atom stereocenters. The second kappa shape index (κ2) is 8.82. The number of carbonyl (C=O) groups excluding carboxylic acids is 4. The average Bonchev–Trinajstić information content (AvgIpc) is 3.05. The number of aryl methyl sites for hydroxylation is 2. The van der Waals surface area contributed by atoms with Crippen LogP contribution in [0.5, 0.6) is 5.75 Å². The molecule has 1 N–H and O–H groups in total. The van der Waals surface area contributed by atoms with Crippen LogP contribution in [0.3, 0.4) is 0 Å². The predicted octanol–water partition coefficient (Wildman–Crippen LogP) is 3.99. The van der Waals surface area contributed by atoms with Gasteiger partial charge in [0.1, 0.15) is 11.3 Å². The minimum atomic E-state index is -0.783. The number of nitrogens with zero attached hydrogens (tertiary/aromatic N) is 2. The molecule has 3 aromatic rings. The molecule has 2 aromatic carbocycles. The van der Waals surface area contributed by atoms with Gasteiger partial charge in [-0.15, -0.1) is 0 Å². The van der Waals surface area contributed by atoms with Crippen molar-refractivity contribution in [1.82, 2.24) is 9.88 Å². The molecule has 0 radical (unpaired) electrons. The number of benzene rings is 2. The maximum absolute atomic E-state index is 13.2. The summed E-state index contributed by atoms with van der Waals surface area (Å²) in [4.78, 5) is 50.2. The number of anilines is 1. The lowest BCUT2D eigenvalue weighted by Crippen LogP contribution is -2.54. The second-order valence-corrected chi connectivity index (χ2v) is 8.04. The van der Waals surface area contributed by atoms with Gasteiger partial charge in [0.15, 0.2) is 0 Å². The fourth-order valence-electron chi connectivity index (χ4n) is 3.90. The third kappa shape index (κ3) is 4.25. The summed E-state index contributed by atoms with van der Waals surface area (Å²) in [6.07, 6.45) is 1.50. The summed E-state index contributed by atoms with van der Waals surface area (Å²) in [5.74, 6) is -1.39. The molecule has 0 spiro atoms. The molecule has 0 bridgehead atoms. The van der Waals surface area contributed by atoms with Crippen LogP contribution >= 0.6 is 0 Å². The molecule has 1 saturated heterocycles. The summed E-state index contributed by atoms with van der Waals surface area (Å²) in [6, 6.07) is 15.0. The Hall–Kier alpha value is -4.46. The van der Waals surface area contributed by atoms with E-state index in [-0.39, 0.29) is 5.57 Å². The first-order chi connectivity index (χ1) is 16.2. The first-order valence-electron chi connectivity index (χ1n) is 10.6. The number of rotatable bonds is 4. The van der Waals surface area contributed by atoms with Gasteiger partial charge in [-0.2, -0.15) is 0 Å². The lowest BCUT2D eigenvalue weighted by atomic mass is 10.1. The van der Waals surface area contributed by atoms with Crippen LogP contribution in [0, 0.1) is 20.8 Å². The average molecular weight is 457 g/mol. The van der Waals surface area contributed by atoms with Crippen molar-refractivity contribution in [1.29, 1.82) is 0 Å². The number of aromatic nitrogens is 1. The van der Waals surface area contributed by atoms with Crippen LogP contribution in [-0.4, -0.2) is 28.4 Å². The van der Waals surface area contributed by atoms with E-state index in [2.05, 4.69) is 5.32 Å². The number of hydrogen-bond donors (Lipinski definition) is 1. The minimum Gasteiger partial charge on any atom is -0.427 e. The Morgan fingerprint density at radius 1 is 0.912 bits per heavy atom. The normalized spacial score (nSPS) is 15.0. The van der Waals surface area contributed by atoms with E-state index in [1.54, 1.807) is 36.4 Å². The lowest BCUT2D eigenvalue weighted by Gasteiger charge is -2.26. The fraction of sp³-hybridized carbons (Fsp3) is 0.154. The van der Waals surface area contributed by atoms with Gasteiger partial charge in [0.2, 0.25) is 0 Å². The van der Waals surface area contributed by atoms with Gasteiger partial charge < -0.3 is 9.30 Å². The third-order valence-corrected chi connectivity index (χ3v) is 5.52. The summed E-state index contributed by atoms with van der Waals surface area (Å²) in [7, 11) is 0. The highest BCUT2D eigenvalue weighted by Gasteiger charge is 2.37. The first kappa shape index (κ1) is 22.7. The fourth-order valence-corrected chi connectivity index (χ4v) is 3.90. The predicted molar refractivity (Wildman–Crippen MR) is 127 cm³/mol. The van der Waals surface area contributed by atoms with E-state index in [0.29, 0.717) is 17.0 Å². The van der Waals surface area contributed by atoms with Crippen LogP contribution in [0.25, 0.3) is 11.8 Å². The molecule has 4 rings (SSSR count). The summed E-state index contributed by atoms with van der Waals surface area (Å²) >= 11 is 0. The zero-order valence-electron chi connectivity index (χ0n) is 19.2. The quantitative estimate of drug-likeness (QED) is 0.276. The Balaban J connectivity index is 1.70. The standard InChI is InChI=1S/C26H23N3O5/c1-15-5-7-21(8-6-15)29-25(32)23(24(31)27-26(29)33)14-19-13-16(2)28(17(19)3)20-9-11-22(12-10-20)34-18(4)30/h5-14H,1-4H3,(H,27,31,33). The number of imide groups is 2. The van der Waals surface area contributed by atoms with Crippen molar-refractivity contribution in [3.63, 3.8) is 0 Å². The van der Waals surface area contributed by atoms with Crippen molar-refractivity contribution in [2.45, 2.75) is 27.7 Å². The number of nitrogens with one attached hydrogen (secondary N) is 1. The van der Waals surface area contributed by atoms with Crippen LogP contribution in [0.1, 0.15) is 29.4 Å². The van der Waals surface area contributed by atoms with Crippen LogP contribution in [0.2, 0.25) is 0 Å². The van der Waals surface area contributed by atoms with Gasteiger partial charge in [0.05, 0.1) is 5.69 Å². The molecule has 34 heavy (non-hydrogen) atoms. The van der Waals surface area contributed by atoms with Gasteiger partial charge in [0, 0.05) is 24.0 Å². The molecule has 0 atom stereocenters. The summed E-state index contributed by atoms with van der Waals surface area (Å²) < 4.78 is 7.04. The molecule has 2 heterocycles. The van der Waals surface area contributed by atoms with Gasteiger partial charge in [0.25, 0.3) is 11.8 Å². The van der Waals surface area contributed by atoms with Crippen molar-refractivity contribution in [2.24, 2.45) is 0 Å². The van der Waals surface area contributed by atoms with E-state index in [0.717, 1.165) is 27.5 Å². The highest BCUT2D eigenvalue weighted by molar-refractivity contribution is 6.39. The molecule has 8 nitrogen and oxygen atoms in total. The number of urea groups is 1. The molecule has 8 heteroatoms. The van der Waals surface area contributed by atoms with Crippen molar-refractivity contribution in [2.75, 3.05) is 4.90 Å². The van der Waals surface area contributed by atoms with Crippen LogP contribution in [0.15, 0.2) is 60.2 Å². The molecule has 1 aromatic heterocycles. The molecule has 0 saturated carbocycles.